The van der Waals surface area contributed by atoms with E-state index in [0.29, 0.717) is 42.5 Å². The van der Waals surface area contributed by atoms with Gasteiger partial charge in [0.15, 0.2) is 11.6 Å². The van der Waals surface area contributed by atoms with Crippen LogP contribution in [0.1, 0.15) is 31.0 Å². The number of amides is 1. The first-order chi connectivity index (χ1) is 13.0. The van der Waals surface area contributed by atoms with Crippen LogP contribution in [0.2, 0.25) is 0 Å². The van der Waals surface area contributed by atoms with E-state index >= 15 is 0 Å². The number of carbonyl (C=O) groups excluding carboxylic acids is 1. The van der Waals surface area contributed by atoms with Crippen molar-refractivity contribution in [3.05, 3.63) is 23.7 Å². The monoisotopic (exact) mass is 365 g/mol. The number of piperazine rings is 1. The lowest BCUT2D eigenvalue weighted by Gasteiger charge is -2.41. The summed E-state index contributed by atoms with van der Waals surface area (Å²) in [5.74, 6) is 1.72. The Morgan fingerprint density at radius 1 is 1.30 bits per heavy atom. The molecular formula is C19H23N7O. The van der Waals surface area contributed by atoms with Gasteiger partial charge in [-0.05, 0) is 26.7 Å². The Bertz CT molecular complexity index is 925. The topological polar surface area (TPSA) is 90.9 Å². The van der Waals surface area contributed by atoms with Crippen LogP contribution in [0.3, 0.4) is 0 Å². The minimum absolute atomic E-state index is 0.0931. The Morgan fingerprint density at radius 2 is 2.07 bits per heavy atom. The zero-order valence-corrected chi connectivity index (χ0v) is 15.9. The highest BCUT2D eigenvalue weighted by Crippen LogP contribution is 2.33. The summed E-state index contributed by atoms with van der Waals surface area (Å²) in [7, 11) is 1.85. The van der Waals surface area contributed by atoms with Gasteiger partial charge in [0.1, 0.15) is 11.6 Å². The molecule has 1 saturated carbocycles. The number of hydrogen-bond donors (Lipinski definition) is 0. The van der Waals surface area contributed by atoms with Crippen LogP contribution >= 0.6 is 0 Å². The third-order valence-electron chi connectivity index (χ3n) is 5.28. The number of nitriles is 1. The number of carbonyl (C=O) groups is 1. The Hall–Kier alpha value is -2.95. The van der Waals surface area contributed by atoms with Crippen molar-refractivity contribution in [2.24, 2.45) is 13.0 Å². The van der Waals surface area contributed by atoms with Crippen molar-refractivity contribution < 1.29 is 4.79 Å². The molecule has 4 rings (SSSR count). The second kappa shape index (κ2) is 6.65. The summed E-state index contributed by atoms with van der Waals surface area (Å²) in [4.78, 5) is 25.7. The van der Waals surface area contributed by atoms with Crippen LogP contribution in [-0.4, -0.2) is 56.2 Å². The van der Waals surface area contributed by atoms with E-state index in [0.717, 1.165) is 18.4 Å². The van der Waals surface area contributed by atoms with Crippen molar-refractivity contribution in [3.63, 3.8) is 0 Å². The lowest BCUT2D eigenvalue weighted by molar-refractivity contribution is -0.134. The molecule has 3 heterocycles. The number of hydrogen-bond acceptors (Lipinski definition) is 6. The molecular weight excluding hydrogens is 342 g/mol. The van der Waals surface area contributed by atoms with Gasteiger partial charge in [-0.1, -0.05) is 0 Å². The summed E-state index contributed by atoms with van der Waals surface area (Å²) in [6.45, 7) is 5.89. The van der Waals surface area contributed by atoms with Gasteiger partial charge in [0.05, 0.1) is 17.5 Å². The van der Waals surface area contributed by atoms with E-state index in [2.05, 4.69) is 28.0 Å². The maximum Gasteiger partial charge on any atom is 0.226 e. The second-order valence-electron chi connectivity index (χ2n) is 7.45. The molecule has 2 aromatic rings. The molecule has 2 fully saturated rings. The van der Waals surface area contributed by atoms with Gasteiger partial charge in [-0.25, -0.2) is 9.97 Å². The van der Waals surface area contributed by atoms with Gasteiger partial charge in [0.25, 0.3) is 0 Å². The Balaban J connectivity index is 1.63. The Morgan fingerprint density at radius 3 is 2.67 bits per heavy atom. The van der Waals surface area contributed by atoms with Gasteiger partial charge in [-0.15, -0.1) is 0 Å². The van der Waals surface area contributed by atoms with E-state index in [-0.39, 0.29) is 17.9 Å². The van der Waals surface area contributed by atoms with Crippen LogP contribution < -0.4 is 4.90 Å². The van der Waals surface area contributed by atoms with Crippen molar-refractivity contribution in [1.82, 2.24) is 24.6 Å². The zero-order chi connectivity index (χ0) is 19.1. The van der Waals surface area contributed by atoms with Crippen molar-refractivity contribution in [3.8, 4) is 17.5 Å². The Labute approximate surface area is 158 Å². The molecule has 1 saturated heterocycles. The fourth-order valence-electron chi connectivity index (χ4n) is 3.63. The quantitative estimate of drug-likeness (QED) is 0.819. The number of aryl methyl sites for hydroxylation is 2. The second-order valence-corrected chi connectivity index (χ2v) is 7.45. The van der Waals surface area contributed by atoms with Crippen molar-refractivity contribution in [2.75, 3.05) is 24.5 Å². The standard InChI is InChI=1S/C19H23N7O/c1-12-10-25(6-7-26(12)19(27)14-4-5-14)18-16(8-20)13(2)22-17(23-18)15-9-21-24(3)11-15/h9,11-12,14H,4-7,10H2,1-3H3/t12-/m1/s1. The first kappa shape index (κ1) is 17.5. The molecule has 0 radical (unpaired) electrons. The van der Waals surface area contributed by atoms with Gasteiger partial charge in [-0.3, -0.25) is 9.48 Å². The summed E-state index contributed by atoms with van der Waals surface area (Å²) in [5, 5.41) is 13.8. The van der Waals surface area contributed by atoms with Gasteiger partial charge >= 0.3 is 0 Å². The van der Waals surface area contributed by atoms with Crippen molar-refractivity contribution >= 4 is 11.7 Å². The number of rotatable bonds is 3. The lowest BCUT2D eigenvalue weighted by Crippen LogP contribution is -2.55. The zero-order valence-electron chi connectivity index (χ0n) is 15.9. The third-order valence-corrected chi connectivity index (χ3v) is 5.28. The molecule has 0 spiro atoms. The molecule has 8 nitrogen and oxygen atoms in total. The van der Waals surface area contributed by atoms with E-state index in [9.17, 15) is 10.1 Å². The van der Waals surface area contributed by atoms with Gasteiger partial charge in [0, 0.05) is 44.8 Å². The summed E-state index contributed by atoms with van der Waals surface area (Å²) >= 11 is 0. The number of aromatic nitrogens is 4. The summed E-state index contributed by atoms with van der Waals surface area (Å²) < 4.78 is 1.70. The SMILES string of the molecule is Cc1nc(-c2cnn(C)c2)nc(N2CCN(C(=O)C3CC3)[C@H](C)C2)c1C#N. The molecule has 0 bridgehead atoms. The lowest BCUT2D eigenvalue weighted by atomic mass is 10.1. The molecule has 140 valence electrons. The van der Waals surface area contributed by atoms with Crippen LogP contribution in [0, 0.1) is 24.2 Å². The predicted octanol–water partition coefficient (Wildman–Crippen LogP) is 1.50. The Kier molecular flexibility index (Phi) is 4.30. The maximum absolute atomic E-state index is 12.5. The average Bonchev–Trinajstić information content (AvgIpc) is 3.41. The fourth-order valence-corrected chi connectivity index (χ4v) is 3.63. The normalized spacial score (nSPS) is 19.9. The third kappa shape index (κ3) is 3.25. The average molecular weight is 365 g/mol. The molecule has 1 aliphatic carbocycles. The van der Waals surface area contributed by atoms with Crippen LogP contribution in [0.25, 0.3) is 11.4 Å². The van der Waals surface area contributed by atoms with Crippen LogP contribution in [0.15, 0.2) is 12.4 Å². The molecule has 1 atom stereocenters. The highest BCUT2D eigenvalue weighted by atomic mass is 16.2. The maximum atomic E-state index is 12.5. The van der Waals surface area contributed by atoms with E-state index in [1.165, 1.54) is 0 Å². The fraction of sp³-hybridized carbons (Fsp3) is 0.526. The van der Waals surface area contributed by atoms with Crippen LogP contribution in [-0.2, 0) is 11.8 Å². The van der Waals surface area contributed by atoms with E-state index in [1.807, 2.05) is 25.1 Å². The molecule has 2 aliphatic rings. The first-order valence-electron chi connectivity index (χ1n) is 9.31. The molecule has 1 amide bonds. The smallest absolute Gasteiger partial charge is 0.226 e. The van der Waals surface area contributed by atoms with Crippen molar-refractivity contribution in [2.45, 2.75) is 32.7 Å². The minimum atomic E-state index is 0.0931. The van der Waals surface area contributed by atoms with E-state index in [1.54, 1.807) is 10.9 Å². The highest BCUT2D eigenvalue weighted by Gasteiger charge is 2.37. The molecule has 0 N–H and O–H groups in total. The summed E-state index contributed by atoms with van der Waals surface area (Å²) in [6.07, 6.45) is 5.62. The van der Waals surface area contributed by atoms with Gasteiger partial charge in [0.2, 0.25) is 5.91 Å². The number of nitrogens with zero attached hydrogens (tertiary/aromatic N) is 7. The summed E-state index contributed by atoms with van der Waals surface area (Å²) in [5.41, 5.74) is 1.98. The van der Waals surface area contributed by atoms with Crippen LogP contribution in [0.5, 0.6) is 0 Å². The number of anilines is 1. The molecule has 2 aromatic heterocycles. The van der Waals surface area contributed by atoms with Gasteiger partial charge < -0.3 is 9.80 Å². The molecule has 1 aliphatic heterocycles. The molecule has 0 aromatic carbocycles. The molecule has 8 heteroatoms. The minimum Gasteiger partial charge on any atom is -0.352 e. The van der Waals surface area contributed by atoms with Crippen molar-refractivity contribution in [1.29, 1.82) is 5.26 Å². The van der Waals surface area contributed by atoms with Crippen LogP contribution in [0.4, 0.5) is 5.82 Å². The predicted molar refractivity (Wildman–Crippen MR) is 99.8 cm³/mol. The van der Waals surface area contributed by atoms with E-state index in [4.69, 9.17) is 4.98 Å². The largest absolute Gasteiger partial charge is 0.352 e. The summed E-state index contributed by atoms with van der Waals surface area (Å²) in [6, 6.07) is 2.35. The highest BCUT2D eigenvalue weighted by molar-refractivity contribution is 5.81. The first-order valence-corrected chi connectivity index (χ1v) is 9.31. The van der Waals surface area contributed by atoms with E-state index < -0.39 is 0 Å². The van der Waals surface area contributed by atoms with Gasteiger partial charge in [-0.2, -0.15) is 10.4 Å². The molecule has 0 unspecified atom stereocenters. The molecule has 27 heavy (non-hydrogen) atoms.